The first-order valence-corrected chi connectivity index (χ1v) is 11.5. The lowest BCUT2D eigenvalue weighted by molar-refractivity contribution is -0.0500. The normalized spacial score (nSPS) is 21.7. The molecule has 2 heterocycles. The van der Waals surface area contributed by atoms with Gasteiger partial charge in [0.25, 0.3) is 0 Å². The lowest BCUT2D eigenvalue weighted by atomic mass is 9.78. The summed E-state index contributed by atoms with van der Waals surface area (Å²) < 4.78 is 34.6. The third-order valence-electron chi connectivity index (χ3n) is 6.63. The highest BCUT2D eigenvalue weighted by molar-refractivity contribution is 5.68. The number of nitrogens with zero attached hydrogens (tertiary/aromatic N) is 3. The molecule has 9 heteroatoms. The van der Waals surface area contributed by atoms with Gasteiger partial charge in [0.05, 0.1) is 24.1 Å². The van der Waals surface area contributed by atoms with Crippen LogP contribution in [-0.2, 0) is 4.74 Å². The fraction of sp³-hybridized carbons (Fsp3) is 0.696. The number of carbonyl (C=O) groups is 1. The maximum Gasteiger partial charge on any atom is 0.408 e. The minimum Gasteiger partial charge on any atom is -0.444 e. The average molecular weight is 450 g/mol. The van der Waals surface area contributed by atoms with E-state index >= 15 is 0 Å². The molecule has 4 rings (SSSR count). The van der Waals surface area contributed by atoms with Crippen molar-refractivity contribution in [2.45, 2.75) is 89.3 Å². The first-order chi connectivity index (χ1) is 15.0. The van der Waals surface area contributed by atoms with Crippen LogP contribution in [0.2, 0.25) is 0 Å². The number of rotatable bonds is 5. The Morgan fingerprint density at radius 3 is 2.53 bits per heavy atom. The Morgan fingerprint density at radius 1 is 1.25 bits per heavy atom. The molecule has 2 atom stereocenters. The lowest BCUT2D eigenvalue weighted by Crippen LogP contribution is -2.40. The van der Waals surface area contributed by atoms with Crippen LogP contribution in [0.3, 0.4) is 0 Å². The smallest absolute Gasteiger partial charge is 0.408 e. The maximum atomic E-state index is 13.8. The van der Waals surface area contributed by atoms with E-state index in [0.29, 0.717) is 30.1 Å². The van der Waals surface area contributed by atoms with Gasteiger partial charge in [-0.2, -0.15) is 5.10 Å². The molecule has 0 aromatic carbocycles. The lowest BCUT2D eigenvalue weighted by Gasteiger charge is -2.33. The third-order valence-corrected chi connectivity index (χ3v) is 6.63. The number of fused-ring (bicyclic) bond motifs is 1. The Bertz CT molecular complexity index is 957. The highest BCUT2D eigenvalue weighted by Gasteiger charge is 2.39. The van der Waals surface area contributed by atoms with Crippen molar-refractivity contribution in [2.75, 3.05) is 0 Å². The zero-order valence-corrected chi connectivity index (χ0v) is 19.0. The zero-order chi connectivity index (χ0) is 23.1. The summed E-state index contributed by atoms with van der Waals surface area (Å²) in [5.41, 5.74) is 7.90. The molecule has 32 heavy (non-hydrogen) atoms. The fourth-order valence-electron chi connectivity index (χ4n) is 4.58. The van der Waals surface area contributed by atoms with Gasteiger partial charge in [-0.05, 0) is 69.9 Å². The summed E-state index contributed by atoms with van der Waals surface area (Å²) in [6, 6.07) is 1.32. The minimum atomic E-state index is -2.65. The number of hydrogen-bond donors (Lipinski definition) is 2. The standard InChI is InChI=1S/C23H33F2N5O2/c1-22(2,3)32-21(31)29-20(15-7-9-23(24,25)10-8-15)17-13-30-18(28-17)11-16(12-27-30)19(26)14-5-4-6-14/h11-15,19-20H,4-10,26H2,1-3H3,(H,29,31)/t19-,20+/m1/s1. The van der Waals surface area contributed by atoms with Crippen LogP contribution in [-0.4, -0.2) is 32.2 Å². The molecule has 0 spiro atoms. The molecule has 176 valence electrons. The molecule has 2 fully saturated rings. The van der Waals surface area contributed by atoms with Gasteiger partial charge in [-0.1, -0.05) is 6.42 Å². The van der Waals surface area contributed by atoms with Crippen LogP contribution >= 0.6 is 0 Å². The Morgan fingerprint density at radius 2 is 1.94 bits per heavy atom. The summed E-state index contributed by atoms with van der Waals surface area (Å²) >= 11 is 0. The van der Waals surface area contributed by atoms with E-state index in [0.717, 1.165) is 18.4 Å². The van der Waals surface area contributed by atoms with Gasteiger partial charge in [0.15, 0.2) is 5.65 Å². The number of imidazole rings is 1. The van der Waals surface area contributed by atoms with Crippen molar-refractivity contribution in [1.29, 1.82) is 0 Å². The number of carbonyl (C=O) groups excluding carboxylic acids is 1. The predicted octanol–water partition coefficient (Wildman–Crippen LogP) is 4.92. The van der Waals surface area contributed by atoms with Crippen LogP contribution in [0.1, 0.15) is 89.1 Å². The van der Waals surface area contributed by atoms with Gasteiger partial charge in [0, 0.05) is 18.9 Å². The van der Waals surface area contributed by atoms with Gasteiger partial charge >= 0.3 is 6.09 Å². The molecule has 2 aliphatic rings. The van der Waals surface area contributed by atoms with E-state index in [-0.39, 0.29) is 24.8 Å². The van der Waals surface area contributed by atoms with Crippen molar-refractivity contribution in [3.05, 3.63) is 29.7 Å². The molecule has 2 saturated carbocycles. The van der Waals surface area contributed by atoms with Crippen LogP contribution in [0.15, 0.2) is 18.5 Å². The predicted molar refractivity (Wildman–Crippen MR) is 116 cm³/mol. The Kier molecular flexibility index (Phi) is 6.13. The number of nitrogens with one attached hydrogen (secondary N) is 1. The Labute approximate surface area is 187 Å². The van der Waals surface area contributed by atoms with Crippen LogP contribution in [0.5, 0.6) is 0 Å². The second-order valence-corrected chi connectivity index (χ2v) is 10.3. The van der Waals surface area contributed by atoms with E-state index in [4.69, 9.17) is 15.5 Å². The Balaban J connectivity index is 1.59. The number of halogens is 2. The molecular weight excluding hydrogens is 416 g/mol. The quantitative estimate of drug-likeness (QED) is 0.676. The molecule has 0 aliphatic heterocycles. The van der Waals surface area contributed by atoms with E-state index in [2.05, 4.69) is 10.4 Å². The summed E-state index contributed by atoms with van der Waals surface area (Å²) in [5, 5.41) is 7.35. The molecule has 7 nitrogen and oxygen atoms in total. The summed E-state index contributed by atoms with van der Waals surface area (Å²) in [4.78, 5) is 17.2. The van der Waals surface area contributed by atoms with Crippen molar-refractivity contribution in [1.82, 2.24) is 19.9 Å². The topological polar surface area (TPSA) is 94.5 Å². The van der Waals surface area contributed by atoms with Crippen molar-refractivity contribution in [3.63, 3.8) is 0 Å². The van der Waals surface area contributed by atoms with Crippen LogP contribution < -0.4 is 11.1 Å². The highest BCUT2D eigenvalue weighted by Crippen LogP contribution is 2.41. The van der Waals surface area contributed by atoms with E-state index in [1.54, 1.807) is 37.7 Å². The number of alkyl carbamates (subject to hydrolysis) is 1. The third kappa shape index (κ3) is 5.19. The average Bonchev–Trinajstić information content (AvgIpc) is 3.06. The molecule has 2 aliphatic carbocycles. The van der Waals surface area contributed by atoms with Crippen LogP contribution in [0, 0.1) is 11.8 Å². The molecule has 0 saturated heterocycles. The SMILES string of the molecule is CC(C)(C)OC(=O)N[C@H](c1cn2ncc([C@H](N)C3CCC3)cc2n1)C1CCC(F)(F)CC1. The molecule has 2 aromatic heterocycles. The van der Waals surface area contributed by atoms with Gasteiger partial charge in [0.2, 0.25) is 5.92 Å². The van der Waals surface area contributed by atoms with Crippen LogP contribution in [0.4, 0.5) is 13.6 Å². The number of alkyl halides is 2. The molecule has 3 N–H and O–H groups in total. The monoisotopic (exact) mass is 449 g/mol. The summed E-state index contributed by atoms with van der Waals surface area (Å²) in [6.07, 6.45) is 6.59. The number of amides is 1. The summed E-state index contributed by atoms with van der Waals surface area (Å²) in [5.74, 6) is -2.34. The van der Waals surface area contributed by atoms with E-state index in [1.165, 1.54) is 6.42 Å². The largest absolute Gasteiger partial charge is 0.444 e. The van der Waals surface area contributed by atoms with E-state index < -0.39 is 23.7 Å². The number of hydrogen-bond acceptors (Lipinski definition) is 5. The van der Waals surface area contributed by atoms with Crippen molar-refractivity contribution in [2.24, 2.45) is 17.6 Å². The summed E-state index contributed by atoms with van der Waals surface area (Å²) in [6.45, 7) is 5.35. The second-order valence-electron chi connectivity index (χ2n) is 10.3. The van der Waals surface area contributed by atoms with Gasteiger partial charge in [-0.25, -0.2) is 23.1 Å². The van der Waals surface area contributed by atoms with E-state index in [9.17, 15) is 13.6 Å². The highest BCUT2D eigenvalue weighted by atomic mass is 19.3. The van der Waals surface area contributed by atoms with Gasteiger partial charge in [-0.3, -0.25) is 0 Å². The van der Waals surface area contributed by atoms with Gasteiger partial charge in [-0.15, -0.1) is 0 Å². The van der Waals surface area contributed by atoms with Gasteiger partial charge in [0.1, 0.15) is 5.60 Å². The van der Waals surface area contributed by atoms with E-state index in [1.807, 2.05) is 6.07 Å². The molecule has 0 bridgehead atoms. The molecule has 2 aromatic rings. The van der Waals surface area contributed by atoms with Crippen LogP contribution in [0.25, 0.3) is 5.65 Å². The number of nitrogens with two attached hydrogens (primary N) is 1. The first-order valence-electron chi connectivity index (χ1n) is 11.5. The Hall–Kier alpha value is -2.29. The fourth-order valence-corrected chi connectivity index (χ4v) is 4.58. The molecule has 1 amide bonds. The van der Waals surface area contributed by atoms with Crippen molar-refractivity contribution in [3.8, 4) is 0 Å². The second kappa shape index (κ2) is 8.57. The first kappa shape index (κ1) is 22.9. The minimum absolute atomic E-state index is 0.0716. The van der Waals surface area contributed by atoms with Crippen molar-refractivity contribution < 1.29 is 18.3 Å². The number of ether oxygens (including phenoxy) is 1. The maximum absolute atomic E-state index is 13.8. The van der Waals surface area contributed by atoms with Crippen molar-refractivity contribution >= 4 is 11.7 Å². The summed E-state index contributed by atoms with van der Waals surface area (Å²) in [7, 11) is 0. The molecule has 0 unspecified atom stereocenters. The molecule has 0 radical (unpaired) electrons. The number of aromatic nitrogens is 3. The molecular formula is C23H33F2N5O2. The van der Waals surface area contributed by atoms with Gasteiger partial charge < -0.3 is 15.8 Å². The zero-order valence-electron chi connectivity index (χ0n) is 19.0.